The number of rotatable bonds is 4. The molecular weight excluding hydrogens is 140 g/mol. The van der Waals surface area contributed by atoms with Crippen LogP contribution in [0.1, 0.15) is 20.8 Å². The Labute approximate surface area is 68.6 Å². The number of hydrogen-bond acceptors (Lipinski definition) is 2. The van der Waals surface area contributed by atoms with Crippen molar-refractivity contribution in [2.75, 3.05) is 13.6 Å². The predicted molar refractivity (Wildman–Crippen MR) is 46.4 cm³/mol. The summed E-state index contributed by atoms with van der Waals surface area (Å²) in [5.74, 6) is 0.608. The van der Waals surface area contributed by atoms with Crippen LogP contribution in [0.2, 0.25) is 0 Å². The first-order valence-corrected chi connectivity index (χ1v) is 4.02. The normalized spacial score (nSPS) is 13.2. The van der Waals surface area contributed by atoms with Gasteiger partial charge in [-0.2, -0.15) is 0 Å². The molecule has 0 aliphatic carbocycles. The maximum atomic E-state index is 10.8. The van der Waals surface area contributed by atoms with E-state index in [0.717, 1.165) is 0 Å². The molecular formula is C8H18N2O. The summed E-state index contributed by atoms with van der Waals surface area (Å²) in [7, 11) is 1.64. The van der Waals surface area contributed by atoms with Gasteiger partial charge in [0.1, 0.15) is 0 Å². The molecule has 3 heteroatoms. The topological polar surface area (TPSA) is 41.1 Å². The highest BCUT2D eigenvalue weighted by molar-refractivity contribution is 5.77. The molecule has 0 saturated carbocycles. The molecule has 2 N–H and O–H groups in total. The highest BCUT2D eigenvalue weighted by Crippen LogP contribution is 1.98. The summed E-state index contributed by atoms with van der Waals surface area (Å²) in [6.07, 6.45) is 0. The summed E-state index contributed by atoms with van der Waals surface area (Å²) in [5.41, 5.74) is 0. The second kappa shape index (κ2) is 5.13. The third kappa shape index (κ3) is 4.79. The fourth-order valence-electron chi connectivity index (χ4n) is 0.578. The van der Waals surface area contributed by atoms with Crippen molar-refractivity contribution in [2.24, 2.45) is 5.92 Å². The molecule has 0 radical (unpaired) electrons. The monoisotopic (exact) mass is 158 g/mol. The van der Waals surface area contributed by atoms with E-state index in [1.54, 1.807) is 7.05 Å². The first kappa shape index (κ1) is 10.4. The number of carbonyl (C=O) groups excluding carboxylic acids is 1. The van der Waals surface area contributed by atoms with Crippen LogP contribution in [0.4, 0.5) is 0 Å². The standard InChI is InChI=1S/C8H18N2O/c1-6(2)7(3)10-5-8(11)9-4/h6-7,10H,5H2,1-4H3,(H,9,11). The summed E-state index contributed by atoms with van der Waals surface area (Å²) in [6.45, 7) is 6.74. The Bertz CT molecular complexity index is 123. The van der Waals surface area contributed by atoms with Crippen LogP contribution in [0.5, 0.6) is 0 Å². The molecule has 0 aliphatic rings. The molecule has 0 aromatic heterocycles. The van der Waals surface area contributed by atoms with E-state index >= 15 is 0 Å². The van der Waals surface area contributed by atoms with Crippen LogP contribution in [0.25, 0.3) is 0 Å². The molecule has 0 fully saturated rings. The highest BCUT2D eigenvalue weighted by atomic mass is 16.1. The Morgan fingerprint density at radius 3 is 2.27 bits per heavy atom. The number of amides is 1. The SMILES string of the molecule is CNC(=O)CNC(C)C(C)C. The van der Waals surface area contributed by atoms with Gasteiger partial charge in [-0.05, 0) is 12.8 Å². The Morgan fingerprint density at radius 2 is 1.91 bits per heavy atom. The molecule has 0 spiro atoms. The summed E-state index contributed by atoms with van der Waals surface area (Å²) in [5, 5.41) is 5.68. The average Bonchev–Trinajstić information content (AvgIpc) is 1.99. The molecule has 1 unspecified atom stereocenters. The van der Waals surface area contributed by atoms with Crippen LogP contribution in [-0.4, -0.2) is 25.5 Å². The zero-order valence-corrected chi connectivity index (χ0v) is 7.77. The highest BCUT2D eigenvalue weighted by Gasteiger charge is 2.06. The van der Waals surface area contributed by atoms with E-state index in [1.165, 1.54) is 0 Å². The molecule has 0 rings (SSSR count). The molecule has 0 aromatic carbocycles. The van der Waals surface area contributed by atoms with Gasteiger partial charge >= 0.3 is 0 Å². The second-order valence-corrected chi connectivity index (χ2v) is 3.09. The summed E-state index contributed by atoms with van der Waals surface area (Å²) in [4.78, 5) is 10.8. The van der Waals surface area contributed by atoms with E-state index in [2.05, 4.69) is 31.4 Å². The second-order valence-electron chi connectivity index (χ2n) is 3.09. The number of likely N-dealkylation sites (N-methyl/N-ethyl adjacent to an activating group) is 1. The lowest BCUT2D eigenvalue weighted by atomic mass is 10.1. The third-order valence-corrected chi connectivity index (χ3v) is 1.86. The third-order valence-electron chi connectivity index (χ3n) is 1.86. The Morgan fingerprint density at radius 1 is 1.36 bits per heavy atom. The molecule has 66 valence electrons. The minimum Gasteiger partial charge on any atom is -0.358 e. The van der Waals surface area contributed by atoms with Crippen LogP contribution in [-0.2, 0) is 4.79 Å². The van der Waals surface area contributed by atoms with Crippen LogP contribution in [0.15, 0.2) is 0 Å². The predicted octanol–water partition coefficient (Wildman–Crippen LogP) is 0.366. The molecule has 0 bridgehead atoms. The maximum Gasteiger partial charge on any atom is 0.233 e. The van der Waals surface area contributed by atoms with Crippen molar-refractivity contribution in [1.82, 2.24) is 10.6 Å². The van der Waals surface area contributed by atoms with Gasteiger partial charge in [-0.15, -0.1) is 0 Å². The van der Waals surface area contributed by atoms with Crippen LogP contribution >= 0.6 is 0 Å². The summed E-state index contributed by atoms with van der Waals surface area (Å²) in [6, 6.07) is 0.396. The van der Waals surface area contributed by atoms with Gasteiger partial charge < -0.3 is 10.6 Å². The number of carbonyl (C=O) groups is 1. The van der Waals surface area contributed by atoms with Crippen LogP contribution < -0.4 is 10.6 Å². The van der Waals surface area contributed by atoms with Gasteiger partial charge in [-0.1, -0.05) is 13.8 Å². The zero-order valence-electron chi connectivity index (χ0n) is 7.77. The molecule has 11 heavy (non-hydrogen) atoms. The lowest BCUT2D eigenvalue weighted by Gasteiger charge is -2.16. The minimum atomic E-state index is 0.0394. The molecule has 0 aromatic rings. The van der Waals surface area contributed by atoms with Gasteiger partial charge in [0.15, 0.2) is 0 Å². The van der Waals surface area contributed by atoms with Crippen molar-refractivity contribution in [3.05, 3.63) is 0 Å². The molecule has 0 saturated heterocycles. The first-order valence-electron chi connectivity index (χ1n) is 4.02. The fourth-order valence-corrected chi connectivity index (χ4v) is 0.578. The van der Waals surface area contributed by atoms with Gasteiger partial charge in [0.25, 0.3) is 0 Å². The van der Waals surface area contributed by atoms with Crippen molar-refractivity contribution in [2.45, 2.75) is 26.8 Å². The minimum absolute atomic E-state index is 0.0394. The van der Waals surface area contributed by atoms with Crippen molar-refractivity contribution in [1.29, 1.82) is 0 Å². The first-order chi connectivity index (χ1) is 5.07. The van der Waals surface area contributed by atoms with Crippen molar-refractivity contribution in [3.63, 3.8) is 0 Å². The summed E-state index contributed by atoms with van der Waals surface area (Å²) >= 11 is 0. The van der Waals surface area contributed by atoms with Crippen molar-refractivity contribution >= 4 is 5.91 Å². The Hall–Kier alpha value is -0.570. The molecule has 0 heterocycles. The average molecular weight is 158 g/mol. The van der Waals surface area contributed by atoms with Crippen LogP contribution in [0.3, 0.4) is 0 Å². The fraction of sp³-hybridized carbons (Fsp3) is 0.875. The van der Waals surface area contributed by atoms with E-state index in [4.69, 9.17) is 0 Å². The molecule has 3 nitrogen and oxygen atoms in total. The maximum absolute atomic E-state index is 10.8. The zero-order chi connectivity index (χ0) is 8.85. The Balaban J connectivity index is 3.45. The molecule has 0 aliphatic heterocycles. The van der Waals surface area contributed by atoms with Gasteiger partial charge in [0, 0.05) is 13.1 Å². The lowest BCUT2D eigenvalue weighted by Crippen LogP contribution is -2.38. The van der Waals surface area contributed by atoms with E-state index in [9.17, 15) is 4.79 Å². The lowest BCUT2D eigenvalue weighted by molar-refractivity contribution is -0.119. The largest absolute Gasteiger partial charge is 0.358 e. The van der Waals surface area contributed by atoms with Gasteiger partial charge in [0.2, 0.25) is 5.91 Å². The van der Waals surface area contributed by atoms with E-state index in [-0.39, 0.29) is 5.91 Å². The van der Waals surface area contributed by atoms with Gasteiger partial charge in [-0.25, -0.2) is 0 Å². The molecule has 1 atom stereocenters. The van der Waals surface area contributed by atoms with Crippen molar-refractivity contribution < 1.29 is 4.79 Å². The van der Waals surface area contributed by atoms with E-state index in [0.29, 0.717) is 18.5 Å². The number of hydrogen-bond donors (Lipinski definition) is 2. The van der Waals surface area contributed by atoms with Crippen LogP contribution in [0, 0.1) is 5.92 Å². The van der Waals surface area contributed by atoms with Crippen molar-refractivity contribution in [3.8, 4) is 0 Å². The molecule has 1 amide bonds. The van der Waals surface area contributed by atoms with E-state index < -0.39 is 0 Å². The van der Waals surface area contributed by atoms with Gasteiger partial charge in [0.05, 0.1) is 6.54 Å². The smallest absolute Gasteiger partial charge is 0.233 e. The summed E-state index contributed by atoms with van der Waals surface area (Å²) < 4.78 is 0. The van der Waals surface area contributed by atoms with Gasteiger partial charge in [-0.3, -0.25) is 4.79 Å². The quantitative estimate of drug-likeness (QED) is 0.620. The van der Waals surface area contributed by atoms with E-state index in [1.807, 2.05) is 0 Å². The Kier molecular flexibility index (Phi) is 4.86. The number of nitrogens with one attached hydrogen (secondary N) is 2.